The highest BCUT2D eigenvalue weighted by Crippen LogP contribution is 2.39. The molecule has 0 bridgehead atoms. The number of aryl methyl sites for hydroxylation is 1. The SMILES string of the molecule is COc1cc(Cl)c(NS(=O)(=O)c2cc(-c3cc(C(F)(F)F)on3)ccc2C)c(OC)c1. The van der Waals surface area contributed by atoms with Crippen molar-refractivity contribution in [1.82, 2.24) is 5.16 Å². The number of methoxy groups -OCH3 is 2. The number of halogens is 4. The zero-order chi connectivity index (χ0) is 23.0. The van der Waals surface area contributed by atoms with Crippen molar-refractivity contribution in [1.29, 1.82) is 0 Å². The Bertz CT molecular complexity index is 1230. The van der Waals surface area contributed by atoms with E-state index < -0.39 is 22.0 Å². The van der Waals surface area contributed by atoms with Crippen LogP contribution < -0.4 is 14.2 Å². The number of nitrogens with zero attached hydrogens (tertiary/aromatic N) is 1. The van der Waals surface area contributed by atoms with Crippen LogP contribution in [0.3, 0.4) is 0 Å². The lowest BCUT2D eigenvalue weighted by atomic mass is 10.1. The summed E-state index contributed by atoms with van der Waals surface area (Å²) in [6.45, 7) is 1.54. The minimum Gasteiger partial charge on any atom is -0.497 e. The van der Waals surface area contributed by atoms with Crippen molar-refractivity contribution < 1.29 is 35.6 Å². The van der Waals surface area contributed by atoms with E-state index in [4.69, 9.17) is 21.1 Å². The molecule has 1 aromatic heterocycles. The highest BCUT2D eigenvalue weighted by atomic mass is 35.5. The standard InChI is InChI=1S/C19H16ClF3N2O5S/c1-10-4-5-11(14-9-17(30-24-14)19(21,22)23)6-16(10)31(26,27)25-18-13(20)7-12(28-2)8-15(18)29-3/h4-9,25H,1-3H3. The Morgan fingerprint density at radius 3 is 2.39 bits per heavy atom. The third-order valence-corrected chi connectivity index (χ3v) is 6.07. The molecule has 0 aliphatic rings. The summed E-state index contributed by atoms with van der Waals surface area (Å²) >= 11 is 6.18. The van der Waals surface area contributed by atoms with Crippen molar-refractivity contribution in [2.24, 2.45) is 0 Å². The van der Waals surface area contributed by atoms with E-state index in [9.17, 15) is 21.6 Å². The van der Waals surface area contributed by atoms with Gasteiger partial charge < -0.3 is 14.0 Å². The first-order valence-corrected chi connectivity index (χ1v) is 10.4. The molecule has 0 fully saturated rings. The predicted molar refractivity (Wildman–Crippen MR) is 107 cm³/mol. The maximum atomic E-state index is 13.1. The highest BCUT2D eigenvalue weighted by molar-refractivity contribution is 7.92. The number of alkyl halides is 3. The van der Waals surface area contributed by atoms with Gasteiger partial charge in [0.2, 0.25) is 5.76 Å². The van der Waals surface area contributed by atoms with Gasteiger partial charge in [0.15, 0.2) is 0 Å². The van der Waals surface area contributed by atoms with Crippen LogP contribution >= 0.6 is 11.6 Å². The first-order valence-electron chi connectivity index (χ1n) is 8.55. The van der Waals surface area contributed by atoms with Gasteiger partial charge in [0.25, 0.3) is 10.0 Å². The van der Waals surface area contributed by atoms with E-state index in [0.29, 0.717) is 17.4 Å². The Labute approximate surface area is 180 Å². The molecule has 0 saturated heterocycles. The smallest absolute Gasteiger partial charge is 0.452 e. The van der Waals surface area contributed by atoms with Gasteiger partial charge in [-0.05, 0) is 18.6 Å². The molecule has 0 radical (unpaired) electrons. The molecule has 0 atom stereocenters. The molecule has 12 heteroatoms. The number of aromatic nitrogens is 1. The Hall–Kier alpha value is -2.92. The van der Waals surface area contributed by atoms with Crippen molar-refractivity contribution in [2.45, 2.75) is 18.0 Å². The fourth-order valence-corrected chi connectivity index (χ4v) is 4.39. The minimum atomic E-state index is -4.71. The van der Waals surface area contributed by atoms with E-state index in [-0.39, 0.29) is 32.6 Å². The van der Waals surface area contributed by atoms with Crippen LogP contribution in [0.5, 0.6) is 11.5 Å². The summed E-state index contributed by atoms with van der Waals surface area (Å²) in [7, 11) is -1.46. The van der Waals surface area contributed by atoms with Gasteiger partial charge in [-0.15, -0.1) is 0 Å². The van der Waals surface area contributed by atoms with E-state index in [2.05, 4.69) is 14.4 Å². The summed E-state index contributed by atoms with van der Waals surface area (Å²) in [5.74, 6) is -0.817. The predicted octanol–water partition coefficient (Wildman–Crippen LogP) is 5.14. The summed E-state index contributed by atoms with van der Waals surface area (Å²) < 4.78 is 81.4. The van der Waals surface area contributed by atoms with Crippen molar-refractivity contribution in [3.8, 4) is 22.8 Å². The van der Waals surface area contributed by atoms with Gasteiger partial charge in [0.05, 0.1) is 24.1 Å². The van der Waals surface area contributed by atoms with Gasteiger partial charge in [0.1, 0.15) is 22.9 Å². The molecule has 2 aromatic carbocycles. The number of hydrogen-bond donors (Lipinski definition) is 1. The molecule has 1 heterocycles. The molecule has 166 valence electrons. The average molecular weight is 477 g/mol. The molecule has 1 N–H and O–H groups in total. The second-order valence-electron chi connectivity index (χ2n) is 6.35. The molecule has 0 amide bonds. The van der Waals surface area contributed by atoms with Gasteiger partial charge in [-0.1, -0.05) is 28.9 Å². The summed E-state index contributed by atoms with van der Waals surface area (Å²) in [5.41, 5.74) is 0.289. The maximum absolute atomic E-state index is 13.1. The number of rotatable bonds is 6. The minimum absolute atomic E-state index is 0.0180. The molecule has 7 nitrogen and oxygen atoms in total. The lowest BCUT2D eigenvalue weighted by Crippen LogP contribution is -2.15. The second kappa shape index (κ2) is 8.31. The molecule has 3 aromatic rings. The number of sulfonamides is 1. The van der Waals surface area contributed by atoms with Crippen molar-refractivity contribution in [3.63, 3.8) is 0 Å². The van der Waals surface area contributed by atoms with Gasteiger partial charge >= 0.3 is 6.18 Å². The number of benzene rings is 2. The van der Waals surface area contributed by atoms with Gasteiger partial charge in [-0.25, -0.2) is 8.42 Å². The highest BCUT2D eigenvalue weighted by Gasteiger charge is 2.36. The van der Waals surface area contributed by atoms with Crippen LogP contribution in [0.25, 0.3) is 11.3 Å². The maximum Gasteiger partial charge on any atom is 0.452 e. The summed E-state index contributed by atoms with van der Waals surface area (Å²) in [6, 6.07) is 7.61. The molecule has 0 saturated carbocycles. The first-order chi connectivity index (χ1) is 14.5. The van der Waals surface area contributed by atoms with Gasteiger partial charge in [0, 0.05) is 23.8 Å². The van der Waals surface area contributed by atoms with Gasteiger partial charge in [-0.2, -0.15) is 13.2 Å². The van der Waals surface area contributed by atoms with E-state index in [0.717, 1.165) is 0 Å². The van der Waals surface area contributed by atoms with Crippen molar-refractivity contribution >= 4 is 27.3 Å². The molecular formula is C19H16ClF3N2O5S. The summed E-state index contributed by atoms with van der Waals surface area (Å²) in [6.07, 6.45) is -4.71. The summed E-state index contributed by atoms with van der Waals surface area (Å²) in [4.78, 5) is -0.185. The van der Waals surface area contributed by atoms with Crippen LogP contribution in [-0.2, 0) is 16.2 Å². The molecule has 0 spiro atoms. The molecular weight excluding hydrogens is 461 g/mol. The van der Waals surface area contributed by atoms with Crippen molar-refractivity contribution in [3.05, 3.63) is 52.7 Å². The van der Waals surface area contributed by atoms with Crippen LogP contribution in [0.1, 0.15) is 11.3 Å². The summed E-state index contributed by atoms with van der Waals surface area (Å²) in [5, 5.41) is 3.41. The quantitative estimate of drug-likeness (QED) is 0.529. The third kappa shape index (κ3) is 4.72. The third-order valence-electron chi connectivity index (χ3n) is 4.28. The fourth-order valence-electron chi connectivity index (χ4n) is 2.72. The van der Waals surface area contributed by atoms with Crippen LogP contribution in [0, 0.1) is 6.92 Å². The van der Waals surface area contributed by atoms with Crippen molar-refractivity contribution in [2.75, 3.05) is 18.9 Å². The van der Waals surface area contributed by atoms with Crippen LogP contribution in [0.15, 0.2) is 45.8 Å². The van der Waals surface area contributed by atoms with Gasteiger partial charge in [-0.3, -0.25) is 4.72 Å². The van der Waals surface area contributed by atoms with Crippen LogP contribution in [0.4, 0.5) is 18.9 Å². The molecule has 0 unspecified atom stereocenters. The second-order valence-corrected chi connectivity index (χ2v) is 8.40. The Balaban J connectivity index is 2.03. The zero-order valence-corrected chi connectivity index (χ0v) is 17.9. The Kier molecular flexibility index (Phi) is 6.10. The fraction of sp³-hybridized carbons (Fsp3) is 0.211. The van der Waals surface area contributed by atoms with Crippen LogP contribution in [0.2, 0.25) is 5.02 Å². The van der Waals surface area contributed by atoms with E-state index in [1.165, 1.54) is 51.5 Å². The number of hydrogen-bond acceptors (Lipinski definition) is 6. The number of ether oxygens (including phenoxy) is 2. The Morgan fingerprint density at radius 2 is 1.81 bits per heavy atom. The lowest BCUT2D eigenvalue weighted by Gasteiger charge is -2.16. The molecule has 0 aliphatic carbocycles. The topological polar surface area (TPSA) is 90.7 Å². The molecule has 31 heavy (non-hydrogen) atoms. The largest absolute Gasteiger partial charge is 0.497 e. The first kappa shape index (κ1) is 22.8. The zero-order valence-electron chi connectivity index (χ0n) is 16.4. The van der Waals surface area contributed by atoms with E-state index in [1.807, 2.05) is 0 Å². The Morgan fingerprint density at radius 1 is 1.10 bits per heavy atom. The van der Waals surface area contributed by atoms with Crippen LogP contribution in [-0.4, -0.2) is 27.8 Å². The molecule has 0 aliphatic heterocycles. The molecule has 3 rings (SSSR count). The lowest BCUT2D eigenvalue weighted by molar-refractivity contribution is -0.155. The van der Waals surface area contributed by atoms with E-state index in [1.54, 1.807) is 0 Å². The van der Waals surface area contributed by atoms with E-state index >= 15 is 0 Å². The number of nitrogens with one attached hydrogen (secondary N) is 1. The normalized spacial score (nSPS) is 12.0. The number of anilines is 1. The average Bonchev–Trinajstić information content (AvgIpc) is 3.20. The monoisotopic (exact) mass is 476 g/mol.